The van der Waals surface area contributed by atoms with Gasteiger partial charge in [-0.15, -0.1) is 0 Å². The largest absolute Gasteiger partial charge is 1.00 e. The zero-order valence-corrected chi connectivity index (χ0v) is 20.0. The quantitative estimate of drug-likeness (QED) is 0.232. The maximum Gasteiger partial charge on any atom is 0.104 e. The second-order valence-electron chi connectivity index (χ2n) is 9.25. The van der Waals surface area contributed by atoms with Gasteiger partial charge in [0.1, 0.15) is 6.54 Å². The highest BCUT2D eigenvalue weighted by atomic mass is 35.5. The number of hydrogen-bond acceptors (Lipinski definition) is 0. The van der Waals surface area contributed by atoms with Gasteiger partial charge in [0.15, 0.2) is 0 Å². The van der Waals surface area contributed by atoms with E-state index in [4.69, 9.17) is 0 Å². The summed E-state index contributed by atoms with van der Waals surface area (Å²) in [6, 6.07) is 10.9. The van der Waals surface area contributed by atoms with Gasteiger partial charge >= 0.3 is 0 Å². The third-order valence-electron chi connectivity index (χ3n) is 5.82. The highest BCUT2D eigenvalue weighted by Crippen LogP contribution is 2.15. The number of halogens is 1. The molecule has 0 aromatic heterocycles. The monoisotopic (exact) mass is 409 g/mol. The molecule has 0 radical (unpaired) electrons. The van der Waals surface area contributed by atoms with Crippen LogP contribution in [0.1, 0.15) is 109 Å². The van der Waals surface area contributed by atoms with Gasteiger partial charge in [-0.3, -0.25) is 0 Å². The van der Waals surface area contributed by atoms with Gasteiger partial charge in [0.05, 0.1) is 20.6 Å². The number of hydrogen-bond donors (Lipinski definition) is 0. The van der Waals surface area contributed by atoms with E-state index in [9.17, 15) is 0 Å². The van der Waals surface area contributed by atoms with Crippen molar-refractivity contribution in [2.24, 2.45) is 0 Å². The predicted molar refractivity (Wildman–Crippen MR) is 122 cm³/mol. The van der Waals surface area contributed by atoms with Crippen LogP contribution in [0.4, 0.5) is 0 Å². The minimum Gasteiger partial charge on any atom is -1.00 e. The molecule has 1 rings (SSSR count). The van der Waals surface area contributed by atoms with Gasteiger partial charge in [0, 0.05) is 5.56 Å². The summed E-state index contributed by atoms with van der Waals surface area (Å²) < 4.78 is 1.11. The SMILES string of the molecule is CCCCCCCCCCCCCCCCC[N+](C)(C)Cc1ccccc1.[Cl-]. The van der Waals surface area contributed by atoms with Gasteiger partial charge < -0.3 is 16.9 Å². The molecule has 0 heterocycles. The molecule has 0 N–H and O–H groups in total. The Morgan fingerprint density at radius 1 is 0.571 bits per heavy atom. The molecular formula is C26H48ClN. The van der Waals surface area contributed by atoms with Crippen molar-refractivity contribution in [3.05, 3.63) is 35.9 Å². The van der Waals surface area contributed by atoms with Crippen LogP contribution in [0.5, 0.6) is 0 Å². The van der Waals surface area contributed by atoms with E-state index in [-0.39, 0.29) is 12.4 Å². The highest BCUT2D eigenvalue weighted by Gasteiger charge is 2.14. The van der Waals surface area contributed by atoms with Crippen LogP contribution < -0.4 is 12.4 Å². The molecule has 164 valence electrons. The van der Waals surface area contributed by atoms with Crippen LogP contribution in [0, 0.1) is 0 Å². The first-order chi connectivity index (χ1) is 13.1. The Morgan fingerprint density at radius 2 is 0.964 bits per heavy atom. The van der Waals surface area contributed by atoms with Crippen LogP contribution in [-0.2, 0) is 6.54 Å². The lowest BCUT2D eigenvalue weighted by Gasteiger charge is -2.30. The maximum absolute atomic E-state index is 2.37. The molecule has 0 saturated heterocycles. The van der Waals surface area contributed by atoms with Gasteiger partial charge in [-0.25, -0.2) is 0 Å². The Hall–Kier alpha value is -0.530. The van der Waals surface area contributed by atoms with Gasteiger partial charge in [0.25, 0.3) is 0 Å². The summed E-state index contributed by atoms with van der Waals surface area (Å²) in [6.45, 7) is 4.75. The molecule has 0 atom stereocenters. The fraction of sp³-hybridized carbons (Fsp3) is 0.769. The van der Waals surface area contributed by atoms with Crippen LogP contribution in [-0.4, -0.2) is 25.1 Å². The van der Waals surface area contributed by atoms with Crippen LogP contribution in [0.25, 0.3) is 0 Å². The lowest BCUT2D eigenvalue weighted by molar-refractivity contribution is -0.903. The predicted octanol–water partition coefficient (Wildman–Crippen LogP) is 5.14. The molecule has 1 aromatic carbocycles. The molecule has 28 heavy (non-hydrogen) atoms. The van der Waals surface area contributed by atoms with E-state index in [1.54, 1.807) is 0 Å². The van der Waals surface area contributed by atoms with Crippen molar-refractivity contribution >= 4 is 0 Å². The topological polar surface area (TPSA) is 0 Å². The zero-order chi connectivity index (χ0) is 19.6. The number of rotatable bonds is 18. The summed E-state index contributed by atoms with van der Waals surface area (Å²) in [7, 11) is 4.74. The Labute approximate surface area is 183 Å². The Kier molecular flexibility index (Phi) is 18.1. The zero-order valence-electron chi connectivity index (χ0n) is 19.2. The number of unbranched alkanes of at least 4 members (excludes halogenated alkanes) is 14. The summed E-state index contributed by atoms with van der Waals surface area (Å²) in [5.41, 5.74) is 1.46. The van der Waals surface area contributed by atoms with Crippen molar-refractivity contribution in [2.75, 3.05) is 20.6 Å². The molecule has 1 aromatic rings. The summed E-state index contributed by atoms with van der Waals surface area (Å²) in [6.07, 6.45) is 21.7. The third-order valence-corrected chi connectivity index (χ3v) is 5.82. The van der Waals surface area contributed by atoms with Crippen molar-refractivity contribution in [1.29, 1.82) is 0 Å². The van der Waals surface area contributed by atoms with Crippen LogP contribution in [0.2, 0.25) is 0 Å². The van der Waals surface area contributed by atoms with E-state index in [1.165, 1.54) is 108 Å². The minimum atomic E-state index is 0. The van der Waals surface area contributed by atoms with Crippen LogP contribution in [0.3, 0.4) is 0 Å². The average molecular weight is 410 g/mol. The van der Waals surface area contributed by atoms with Crippen molar-refractivity contribution in [3.8, 4) is 0 Å². The number of benzene rings is 1. The van der Waals surface area contributed by atoms with E-state index in [1.807, 2.05) is 0 Å². The molecule has 0 aliphatic heterocycles. The Morgan fingerprint density at radius 3 is 1.39 bits per heavy atom. The molecule has 0 aliphatic rings. The van der Waals surface area contributed by atoms with E-state index in [2.05, 4.69) is 51.4 Å². The summed E-state index contributed by atoms with van der Waals surface area (Å²) in [5, 5.41) is 0. The average Bonchev–Trinajstić information content (AvgIpc) is 2.65. The number of quaternary nitrogens is 1. The lowest BCUT2D eigenvalue weighted by atomic mass is 10.0. The van der Waals surface area contributed by atoms with Crippen LogP contribution >= 0.6 is 0 Å². The van der Waals surface area contributed by atoms with Gasteiger partial charge in [-0.05, 0) is 12.8 Å². The standard InChI is InChI=1S/C26H48N.ClH/c1-4-5-6-7-8-9-10-11-12-13-14-15-16-17-21-24-27(2,3)25-26-22-19-18-20-23-26;/h18-20,22-23H,4-17,21,24-25H2,1-3H3;1H/q+1;/p-1. The van der Waals surface area contributed by atoms with Gasteiger partial charge in [-0.1, -0.05) is 121 Å². The summed E-state index contributed by atoms with van der Waals surface area (Å²) in [5.74, 6) is 0. The van der Waals surface area contributed by atoms with Gasteiger partial charge in [-0.2, -0.15) is 0 Å². The molecule has 0 spiro atoms. The van der Waals surface area contributed by atoms with Crippen molar-refractivity contribution in [2.45, 2.75) is 110 Å². The molecule has 0 fully saturated rings. The van der Waals surface area contributed by atoms with E-state index >= 15 is 0 Å². The molecule has 2 heteroatoms. The summed E-state index contributed by atoms with van der Waals surface area (Å²) >= 11 is 0. The van der Waals surface area contributed by atoms with E-state index < -0.39 is 0 Å². The normalized spacial score (nSPS) is 11.4. The fourth-order valence-corrected chi connectivity index (χ4v) is 4.07. The van der Waals surface area contributed by atoms with Crippen molar-refractivity contribution in [3.63, 3.8) is 0 Å². The molecule has 1 nitrogen and oxygen atoms in total. The molecule has 0 aliphatic carbocycles. The Balaban J connectivity index is 0.00000729. The Bertz CT molecular complexity index is 429. The minimum absolute atomic E-state index is 0. The first kappa shape index (κ1) is 27.5. The number of nitrogens with zero attached hydrogens (tertiary/aromatic N) is 1. The fourth-order valence-electron chi connectivity index (χ4n) is 4.07. The van der Waals surface area contributed by atoms with Crippen molar-refractivity contribution < 1.29 is 16.9 Å². The maximum atomic E-state index is 2.37. The first-order valence-corrected chi connectivity index (χ1v) is 12.0. The molecule has 0 bridgehead atoms. The summed E-state index contributed by atoms with van der Waals surface area (Å²) in [4.78, 5) is 0. The van der Waals surface area contributed by atoms with E-state index in [0.29, 0.717) is 0 Å². The highest BCUT2D eigenvalue weighted by molar-refractivity contribution is 5.13. The molecule has 0 unspecified atom stereocenters. The lowest BCUT2D eigenvalue weighted by Crippen LogP contribution is -3.00. The second kappa shape index (κ2) is 18.5. The van der Waals surface area contributed by atoms with E-state index in [0.717, 1.165) is 11.0 Å². The van der Waals surface area contributed by atoms with Crippen LogP contribution in [0.15, 0.2) is 30.3 Å². The smallest absolute Gasteiger partial charge is 0.104 e. The third kappa shape index (κ3) is 16.4. The second-order valence-corrected chi connectivity index (χ2v) is 9.25. The molecule has 0 amide bonds. The molecular weight excluding hydrogens is 362 g/mol. The van der Waals surface area contributed by atoms with Gasteiger partial charge in [0.2, 0.25) is 0 Å². The van der Waals surface area contributed by atoms with Crippen molar-refractivity contribution in [1.82, 2.24) is 0 Å². The first-order valence-electron chi connectivity index (χ1n) is 12.0. The molecule has 0 saturated carbocycles.